The van der Waals surface area contributed by atoms with Crippen molar-refractivity contribution in [1.82, 2.24) is 9.80 Å². The van der Waals surface area contributed by atoms with Gasteiger partial charge in [-0.25, -0.2) is 0 Å². The maximum atomic E-state index is 13.8. The molecule has 2 aliphatic heterocycles. The molecule has 0 saturated carbocycles. The summed E-state index contributed by atoms with van der Waals surface area (Å²) in [5.74, 6) is 2.73. The van der Waals surface area contributed by atoms with E-state index < -0.39 is 0 Å². The lowest BCUT2D eigenvalue weighted by atomic mass is 9.95. The Morgan fingerprint density at radius 1 is 1.20 bits per heavy atom. The van der Waals surface area contributed by atoms with Crippen LogP contribution < -0.4 is 14.2 Å². The molecule has 0 aromatic heterocycles. The van der Waals surface area contributed by atoms with Crippen molar-refractivity contribution in [1.29, 1.82) is 0 Å². The predicted molar refractivity (Wildman–Crippen MR) is 138 cm³/mol. The first kappa shape index (κ1) is 25.6. The van der Waals surface area contributed by atoms with Crippen LogP contribution in [0.3, 0.4) is 0 Å². The summed E-state index contributed by atoms with van der Waals surface area (Å²) in [4.78, 5) is 18.1. The minimum atomic E-state index is -0.0203. The first-order valence-electron chi connectivity index (χ1n) is 12.7. The van der Waals surface area contributed by atoms with Crippen molar-refractivity contribution in [3.05, 3.63) is 52.5 Å². The first-order chi connectivity index (χ1) is 16.9. The zero-order valence-corrected chi connectivity index (χ0v) is 21.9. The SMILES string of the molecule is COc1ccccc1CN1CCC[C@@H](C(=O)N(Cc2cc(Cl)c3c(c2)OCCCO3)CC(C)C)C1. The number of carbonyl (C=O) groups is 1. The summed E-state index contributed by atoms with van der Waals surface area (Å²) in [6.07, 6.45) is 2.75. The molecule has 0 spiro atoms. The third-order valence-electron chi connectivity index (χ3n) is 6.57. The molecular weight excluding hydrogens is 464 g/mol. The Bertz CT molecular complexity index is 1010. The summed E-state index contributed by atoms with van der Waals surface area (Å²) in [6.45, 7) is 9.24. The molecule has 7 heteroatoms. The van der Waals surface area contributed by atoms with E-state index in [0.717, 1.165) is 55.8 Å². The molecule has 2 heterocycles. The number of hydrogen-bond acceptors (Lipinski definition) is 5. The third-order valence-corrected chi connectivity index (χ3v) is 6.85. The first-order valence-corrected chi connectivity index (χ1v) is 13.0. The minimum Gasteiger partial charge on any atom is -0.496 e. The molecule has 1 amide bonds. The lowest BCUT2D eigenvalue weighted by Crippen LogP contribution is -2.45. The largest absolute Gasteiger partial charge is 0.496 e. The van der Waals surface area contributed by atoms with Crippen LogP contribution in [-0.4, -0.2) is 55.7 Å². The van der Waals surface area contributed by atoms with Crippen LogP contribution in [0, 0.1) is 11.8 Å². The molecule has 1 fully saturated rings. The number of halogens is 1. The molecule has 190 valence electrons. The van der Waals surface area contributed by atoms with E-state index in [1.165, 1.54) is 0 Å². The van der Waals surface area contributed by atoms with E-state index in [4.69, 9.17) is 25.8 Å². The van der Waals surface area contributed by atoms with Gasteiger partial charge in [0, 0.05) is 38.2 Å². The van der Waals surface area contributed by atoms with Crippen LogP contribution in [-0.2, 0) is 17.9 Å². The van der Waals surface area contributed by atoms with Gasteiger partial charge in [0.1, 0.15) is 5.75 Å². The van der Waals surface area contributed by atoms with E-state index in [0.29, 0.717) is 48.7 Å². The van der Waals surface area contributed by atoms with Gasteiger partial charge in [-0.15, -0.1) is 0 Å². The van der Waals surface area contributed by atoms with Crippen molar-refractivity contribution in [2.24, 2.45) is 11.8 Å². The standard InChI is InChI=1S/C28H37ClN2O4/c1-20(2)16-31(17-21-14-24(29)27-26(15-21)34-12-7-13-35-27)28(32)23-9-6-11-30(19-23)18-22-8-4-5-10-25(22)33-3/h4-5,8,10,14-15,20,23H,6-7,9,11-13,16-19H2,1-3H3/t23-/m1/s1. The topological polar surface area (TPSA) is 51.2 Å². The molecular formula is C28H37ClN2O4. The molecule has 2 aromatic carbocycles. The van der Waals surface area contributed by atoms with E-state index >= 15 is 0 Å². The highest BCUT2D eigenvalue weighted by Gasteiger charge is 2.30. The number of hydrogen-bond donors (Lipinski definition) is 0. The Morgan fingerprint density at radius 2 is 2.00 bits per heavy atom. The molecule has 0 aliphatic carbocycles. The fourth-order valence-corrected chi connectivity index (χ4v) is 5.29. The number of likely N-dealkylation sites (tertiary alicyclic amines) is 1. The predicted octanol–water partition coefficient (Wildman–Crippen LogP) is 5.41. The van der Waals surface area contributed by atoms with Crippen LogP contribution in [0.5, 0.6) is 17.2 Å². The number of amides is 1. The quantitative estimate of drug-likeness (QED) is 0.485. The molecule has 6 nitrogen and oxygen atoms in total. The van der Waals surface area contributed by atoms with Crippen molar-refractivity contribution >= 4 is 17.5 Å². The molecule has 1 atom stereocenters. The zero-order valence-electron chi connectivity index (χ0n) is 21.1. The van der Waals surface area contributed by atoms with E-state index in [9.17, 15) is 4.79 Å². The Hall–Kier alpha value is -2.44. The molecule has 2 aliphatic rings. The number of fused-ring (bicyclic) bond motifs is 1. The van der Waals surface area contributed by atoms with Crippen LogP contribution in [0.1, 0.15) is 44.2 Å². The highest BCUT2D eigenvalue weighted by molar-refractivity contribution is 6.32. The summed E-state index contributed by atoms with van der Waals surface area (Å²) < 4.78 is 17.2. The molecule has 1 saturated heterocycles. The number of benzene rings is 2. The van der Waals surface area contributed by atoms with Gasteiger partial charge in [0.25, 0.3) is 0 Å². The Morgan fingerprint density at radius 3 is 2.80 bits per heavy atom. The molecule has 0 radical (unpaired) electrons. The average Bonchev–Trinajstić information content (AvgIpc) is 3.09. The van der Waals surface area contributed by atoms with E-state index in [1.807, 2.05) is 35.2 Å². The van der Waals surface area contributed by atoms with Crippen molar-refractivity contribution in [2.45, 2.75) is 46.2 Å². The monoisotopic (exact) mass is 500 g/mol. The molecule has 4 rings (SSSR count). The van der Waals surface area contributed by atoms with Crippen LogP contribution >= 0.6 is 11.6 Å². The Kier molecular flexibility index (Phi) is 8.79. The Labute approximate surface area is 214 Å². The van der Waals surface area contributed by atoms with Gasteiger partial charge in [0.15, 0.2) is 11.5 Å². The zero-order chi connectivity index (χ0) is 24.8. The van der Waals surface area contributed by atoms with Gasteiger partial charge in [-0.3, -0.25) is 9.69 Å². The van der Waals surface area contributed by atoms with E-state index in [2.05, 4.69) is 24.8 Å². The number of ether oxygens (including phenoxy) is 3. The summed E-state index contributed by atoms with van der Waals surface area (Å²) in [6, 6.07) is 12.0. The molecule has 35 heavy (non-hydrogen) atoms. The number of piperidine rings is 1. The molecule has 0 N–H and O–H groups in total. The second kappa shape index (κ2) is 12.0. The summed E-state index contributed by atoms with van der Waals surface area (Å²) in [5.41, 5.74) is 2.12. The van der Waals surface area contributed by atoms with Gasteiger partial charge in [-0.05, 0) is 49.1 Å². The van der Waals surface area contributed by atoms with Gasteiger partial charge in [0.2, 0.25) is 5.91 Å². The smallest absolute Gasteiger partial charge is 0.227 e. The minimum absolute atomic E-state index is 0.0203. The second-order valence-electron chi connectivity index (χ2n) is 9.95. The summed E-state index contributed by atoms with van der Waals surface area (Å²) in [7, 11) is 1.71. The molecule has 0 bridgehead atoms. The molecule has 2 aromatic rings. The fourth-order valence-electron chi connectivity index (χ4n) is 5.00. The number of carbonyl (C=O) groups excluding carboxylic acids is 1. The second-order valence-corrected chi connectivity index (χ2v) is 10.4. The van der Waals surface area contributed by atoms with Gasteiger partial charge in [-0.1, -0.05) is 43.6 Å². The van der Waals surface area contributed by atoms with Crippen molar-refractivity contribution in [3.63, 3.8) is 0 Å². The van der Waals surface area contributed by atoms with Crippen molar-refractivity contribution in [3.8, 4) is 17.2 Å². The number of rotatable bonds is 8. The highest BCUT2D eigenvalue weighted by Crippen LogP contribution is 2.38. The number of para-hydroxylation sites is 1. The van der Waals surface area contributed by atoms with Crippen LogP contribution in [0.2, 0.25) is 5.02 Å². The van der Waals surface area contributed by atoms with Gasteiger partial charge in [0.05, 0.1) is 31.3 Å². The van der Waals surface area contributed by atoms with Crippen LogP contribution in [0.4, 0.5) is 0 Å². The third kappa shape index (κ3) is 6.62. The van der Waals surface area contributed by atoms with E-state index in [1.54, 1.807) is 7.11 Å². The van der Waals surface area contributed by atoms with Crippen LogP contribution in [0.25, 0.3) is 0 Å². The van der Waals surface area contributed by atoms with Gasteiger partial charge >= 0.3 is 0 Å². The number of methoxy groups -OCH3 is 1. The number of nitrogens with zero attached hydrogens (tertiary/aromatic N) is 2. The van der Waals surface area contributed by atoms with Gasteiger partial charge in [-0.2, -0.15) is 0 Å². The maximum Gasteiger partial charge on any atom is 0.227 e. The lowest BCUT2D eigenvalue weighted by molar-refractivity contribution is -0.138. The normalized spacial score (nSPS) is 18.3. The summed E-state index contributed by atoms with van der Waals surface area (Å²) in [5, 5.41) is 0.539. The van der Waals surface area contributed by atoms with Crippen LogP contribution in [0.15, 0.2) is 36.4 Å². The van der Waals surface area contributed by atoms with Crippen molar-refractivity contribution < 1.29 is 19.0 Å². The lowest BCUT2D eigenvalue weighted by Gasteiger charge is -2.36. The maximum absolute atomic E-state index is 13.8. The summed E-state index contributed by atoms with van der Waals surface area (Å²) >= 11 is 6.53. The van der Waals surface area contributed by atoms with E-state index in [-0.39, 0.29) is 11.8 Å². The van der Waals surface area contributed by atoms with Gasteiger partial charge < -0.3 is 19.1 Å². The fraction of sp³-hybridized carbons (Fsp3) is 0.536. The Balaban J connectivity index is 1.47. The average molecular weight is 501 g/mol. The highest BCUT2D eigenvalue weighted by atomic mass is 35.5. The molecule has 0 unspecified atom stereocenters. The van der Waals surface area contributed by atoms with Crippen molar-refractivity contribution in [2.75, 3.05) is 40.0 Å².